The van der Waals surface area contributed by atoms with Crippen molar-refractivity contribution in [2.75, 3.05) is 5.73 Å². The first-order chi connectivity index (χ1) is 11.2. The van der Waals surface area contributed by atoms with Gasteiger partial charge in [-0.1, -0.05) is 18.2 Å². The van der Waals surface area contributed by atoms with Crippen LogP contribution in [0.3, 0.4) is 0 Å². The summed E-state index contributed by atoms with van der Waals surface area (Å²) in [6, 6.07) is 5.33. The zero-order valence-electron chi connectivity index (χ0n) is 14.3. The largest absolute Gasteiger partial charge is 1.00 e. The minimum atomic E-state index is -1.27. The Balaban J connectivity index is 0.00000225. The van der Waals surface area contributed by atoms with Gasteiger partial charge in [-0.3, -0.25) is 9.59 Å². The zero-order valence-corrected chi connectivity index (χ0v) is 17.1. The number of nitrogens with zero attached hydrogens (tertiary/aromatic N) is 1. The Labute approximate surface area is 172 Å². The third kappa shape index (κ3) is 3.53. The molecule has 0 spiro atoms. The number of rotatable bonds is 4. The van der Waals surface area contributed by atoms with Gasteiger partial charge in [0.2, 0.25) is 11.8 Å². The third-order valence-electron chi connectivity index (χ3n) is 4.39. The van der Waals surface area contributed by atoms with Crippen LogP contribution in [0.5, 0.6) is 0 Å². The molecule has 2 fully saturated rings. The summed E-state index contributed by atoms with van der Waals surface area (Å²) in [5.74, 6) is -1.98. The molecule has 9 heteroatoms. The fourth-order valence-corrected chi connectivity index (χ4v) is 4.84. The molecule has 2 aliphatic rings. The number of β-lactam (4-membered cyclic amide) rings is 1. The van der Waals surface area contributed by atoms with Crippen molar-refractivity contribution >= 4 is 35.2 Å². The van der Waals surface area contributed by atoms with Crippen LogP contribution in [-0.2, 0) is 20.8 Å². The molecule has 128 valence electrons. The molecule has 7 nitrogen and oxygen atoms in total. The van der Waals surface area contributed by atoms with Crippen molar-refractivity contribution in [3.8, 4) is 0 Å². The van der Waals surface area contributed by atoms with E-state index in [9.17, 15) is 19.5 Å². The second kappa shape index (κ2) is 7.19. The Kier molecular flexibility index (Phi) is 5.78. The topological polar surface area (TPSA) is 116 Å². The summed E-state index contributed by atoms with van der Waals surface area (Å²) in [5, 5.41) is 13.6. The number of anilines is 1. The van der Waals surface area contributed by atoms with Gasteiger partial charge in [-0.05, 0) is 25.5 Å². The van der Waals surface area contributed by atoms with E-state index < -0.39 is 22.8 Å². The Hall–Kier alpha value is -1.22. The fraction of sp³-hybridized carbons (Fsp3) is 0.438. The third-order valence-corrected chi connectivity index (χ3v) is 5.96. The van der Waals surface area contributed by atoms with E-state index >= 15 is 0 Å². The predicted octanol–water partition coefficient (Wildman–Crippen LogP) is -3.89. The second-order valence-corrected chi connectivity index (χ2v) is 8.27. The van der Waals surface area contributed by atoms with Crippen LogP contribution < -0.4 is 45.7 Å². The smallest absolute Gasteiger partial charge is 0.548 e. The molecule has 1 unspecified atom stereocenters. The van der Waals surface area contributed by atoms with Gasteiger partial charge in [-0.25, -0.2) is 0 Å². The molecule has 1 aromatic carbocycles. The molecule has 3 atom stereocenters. The van der Waals surface area contributed by atoms with E-state index in [1.807, 2.05) is 0 Å². The average molecular weight is 371 g/mol. The van der Waals surface area contributed by atoms with Gasteiger partial charge in [0.25, 0.3) is 0 Å². The van der Waals surface area contributed by atoms with Crippen molar-refractivity contribution in [2.24, 2.45) is 0 Å². The van der Waals surface area contributed by atoms with Crippen LogP contribution in [0.1, 0.15) is 19.4 Å². The number of nitrogens with two attached hydrogens (primary N) is 1. The summed E-state index contributed by atoms with van der Waals surface area (Å²) >= 11 is 1.36. The molecule has 0 radical (unpaired) electrons. The maximum Gasteiger partial charge on any atom is 1.00 e. The molecule has 2 amide bonds. The minimum absolute atomic E-state index is 0. The van der Waals surface area contributed by atoms with Crippen LogP contribution in [0.25, 0.3) is 0 Å². The van der Waals surface area contributed by atoms with Gasteiger partial charge in [0.1, 0.15) is 11.4 Å². The molecule has 2 saturated heterocycles. The molecule has 3 N–H and O–H groups in total. The number of thioether (sulfide) groups is 1. The normalized spacial score (nSPS) is 26.2. The van der Waals surface area contributed by atoms with Crippen molar-refractivity contribution in [3.63, 3.8) is 0 Å². The molecular formula is C16H18N3NaO4S. The maximum absolute atomic E-state index is 12.3. The summed E-state index contributed by atoms with van der Waals surface area (Å²) < 4.78 is -0.664. The number of hydrogen-bond donors (Lipinski definition) is 2. The number of hydrogen-bond acceptors (Lipinski definition) is 6. The maximum atomic E-state index is 12.3. The van der Waals surface area contributed by atoms with Crippen LogP contribution in [0.4, 0.5) is 5.69 Å². The quantitative estimate of drug-likeness (QED) is 0.318. The molecule has 0 bridgehead atoms. The van der Waals surface area contributed by atoms with E-state index in [-0.39, 0.29) is 53.2 Å². The van der Waals surface area contributed by atoms with E-state index in [2.05, 4.69) is 5.32 Å². The minimum Gasteiger partial charge on any atom is -0.548 e. The number of nitrogen functional groups attached to an aromatic ring is 1. The van der Waals surface area contributed by atoms with Crippen molar-refractivity contribution in [1.82, 2.24) is 10.2 Å². The second-order valence-electron chi connectivity index (χ2n) is 6.50. The number of benzene rings is 1. The molecule has 25 heavy (non-hydrogen) atoms. The van der Waals surface area contributed by atoms with Crippen LogP contribution in [0.15, 0.2) is 24.3 Å². The van der Waals surface area contributed by atoms with Crippen molar-refractivity contribution < 1.29 is 49.0 Å². The summed E-state index contributed by atoms with van der Waals surface area (Å²) in [7, 11) is 0. The van der Waals surface area contributed by atoms with Crippen molar-refractivity contribution in [2.45, 2.75) is 42.5 Å². The van der Waals surface area contributed by atoms with E-state index in [1.54, 1.807) is 38.1 Å². The van der Waals surface area contributed by atoms with E-state index in [1.165, 1.54) is 16.7 Å². The number of fused-ring (bicyclic) bond motifs is 1. The molecule has 1 aromatic rings. The molecule has 2 heterocycles. The fourth-order valence-electron chi connectivity index (χ4n) is 3.22. The first-order valence-corrected chi connectivity index (χ1v) is 8.44. The Bertz CT molecular complexity index is 727. The number of carbonyl (C=O) groups is 3. The Morgan fingerprint density at radius 2 is 2.00 bits per heavy atom. The number of carbonyl (C=O) groups excluding carboxylic acids is 3. The molecule has 0 saturated carbocycles. The summed E-state index contributed by atoms with van der Waals surface area (Å²) in [6.45, 7) is 3.51. The molecule has 3 rings (SSSR count). The van der Waals surface area contributed by atoms with Crippen LogP contribution >= 0.6 is 11.8 Å². The summed E-state index contributed by atoms with van der Waals surface area (Å²) in [6.07, 6.45) is 0.0706. The first-order valence-electron chi connectivity index (χ1n) is 7.56. The van der Waals surface area contributed by atoms with Crippen LogP contribution in [0.2, 0.25) is 0 Å². The first kappa shape index (κ1) is 20.1. The standard InChI is InChI=1S/C16H19N3O4S.Na/c1-16(2)12(15(22)23)19-13(21)11(14(19)24-16)18-10(20)7-8-5-3-4-6-9(8)17;/h3-6,11-12,14H,7,17H2,1-2H3,(H,18,20)(H,22,23);/q;+1/p-1/t11?,12-,14+;/m0./s1. The number of carboxylic acid groups (broad SMARTS) is 1. The number of carboxylic acids is 1. The van der Waals surface area contributed by atoms with Gasteiger partial charge in [0.05, 0.1) is 18.4 Å². The van der Waals surface area contributed by atoms with E-state index in [0.29, 0.717) is 11.3 Å². The van der Waals surface area contributed by atoms with Crippen LogP contribution in [0, 0.1) is 0 Å². The van der Waals surface area contributed by atoms with Gasteiger partial charge in [0.15, 0.2) is 0 Å². The van der Waals surface area contributed by atoms with E-state index in [4.69, 9.17) is 5.73 Å². The van der Waals surface area contributed by atoms with Gasteiger partial charge in [-0.2, -0.15) is 0 Å². The van der Waals surface area contributed by atoms with Gasteiger partial charge in [-0.15, -0.1) is 11.8 Å². The molecule has 2 aliphatic heterocycles. The summed E-state index contributed by atoms with van der Waals surface area (Å²) in [5.41, 5.74) is 7.02. The summed E-state index contributed by atoms with van der Waals surface area (Å²) in [4.78, 5) is 37.1. The van der Waals surface area contributed by atoms with Gasteiger partial charge >= 0.3 is 29.6 Å². The zero-order chi connectivity index (χ0) is 17.6. The SMILES string of the molecule is CC1(C)S[C@@H]2C(NC(=O)Cc3ccccc3N)C(=O)N2[C@H]1C(=O)[O-].[Na+]. The van der Waals surface area contributed by atoms with E-state index in [0.717, 1.165) is 0 Å². The predicted molar refractivity (Wildman–Crippen MR) is 87.6 cm³/mol. The van der Waals surface area contributed by atoms with Crippen LogP contribution in [-0.4, -0.2) is 44.9 Å². The molecular weight excluding hydrogens is 353 g/mol. The number of nitrogens with one attached hydrogen (secondary N) is 1. The number of amides is 2. The Morgan fingerprint density at radius 3 is 2.60 bits per heavy atom. The van der Waals surface area contributed by atoms with Gasteiger partial charge in [0, 0.05) is 10.4 Å². The van der Waals surface area contributed by atoms with Crippen molar-refractivity contribution in [1.29, 1.82) is 0 Å². The number of para-hydroxylation sites is 1. The Morgan fingerprint density at radius 1 is 1.36 bits per heavy atom. The van der Waals surface area contributed by atoms with Gasteiger partial charge < -0.3 is 25.9 Å². The number of aliphatic carboxylic acids is 1. The molecule has 0 aromatic heterocycles. The van der Waals surface area contributed by atoms with Crippen molar-refractivity contribution in [3.05, 3.63) is 29.8 Å². The monoisotopic (exact) mass is 371 g/mol. The average Bonchev–Trinajstić information content (AvgIpc) is 2.76. The molecule has 0 aliphatic carbocycles.